The van der Waals surface area contributed by atoms with Gasteiger partial charge in [-0.25, -0.2) is 15.0 Å². The third-order valence-electron chi connectivity index (χ3n) is 0.524. The van der Waals surface area contributed by atoms with Crippen LogP contribution in [0.25, 0.3) is 0 Å². The first-order valence-corrected chi connectivity index (χ1v) is 1.84. The van der Waals surface area contributed by atoms with Crippen molar-refractivity contribution in [2.24, 2.45) is 0 Å². The van der Waals surface area contributed by atoms with Gasteiger partial charge < -0.3 is 0 Å². The molecule has 0 spiro atoms. The molecule has 0 unspecified atom stereocenters. The Morgan fingerprint density at radius 3 is 2.14 bits per heavy atom. The maximum absolute atomic E-state index is 3.60. The molecule has 0 bridgehead atoms. The smallest absolute Gasteiger partial charge is 0.201 e. The molecule has 0 aromatic carbocycles. The van der Waals surface area contributed by atoms with Gasteiger partial charge in [0.05, 0.1) is 0 Å². The standard InChI is InChI=1S/C4H3N3/c1-4-6-2-5-3-7-4/h1H3. The fraction of sp³-hybridized carbons (Fsp3) is 0.250. The third kappa shape index (κ3) is 0.924. The van der Waals surface area contributed by atoms with E-state index in [1.165, 1.54) is 0 Å². The maximum atomic E-state index is 3.60. The van der Waals surface area contributed by atoms with Crippen molar-refractivity contribution >= 4 is 0 Å². The van der Waals surface area contributed by atoms with Gasteiger partial charge in [-0.2, -0.15) is 0 Å². The van der Waals surface area contributed by atoms with E-state index in [9.17, 15) is 0 Å². The van der Waals surface area contributed by atoms with E-state index in [4.69, 9.17) is 0 Å². The van der Waals surface area contributed by atoms with Crippen LogP contribution in [0, 0.1) is 19.6 Å². The van der Waals surface area contributed by atoms with Crippen molar-refractivity contribution < 1.29 is 0 Å². The highest BCUT2D eigenvalue weighted by Crippen LogP contribution is 1.72. The summed E-state index contributed by atoms with van der Waals surface area (Å²) in [7, 11) is 0. The lowest BCUT2D eigenvalue weighted by Crippen LogP contribution is -1.85. The SMILES string of the molecule is Cc1n[c]n[c]n1. The fourth-order valence-corrected chi connectivity index (χ4v) is 0.242. The molecule has 1 aromatic heterocycles. The number of nitrogens with zero attached hydrogens (tertiary/aromatic N) is 3. The Labute approximate surface area is 41.5 Å². The van der Waals surface area contributed by atoms with Crippen LogP contribution in [0.1, 0.15) is 5.82 Å². The predicted octanol–water partition coefficient (Wildman–Crippen LogP) is -0.220. The first-order chi connectivity index (χ1) is 3.39. The Bertz CT molecular complexity index is 137. The molecule has 0 amide bonds. The van der Waals surface area contributed by atoms with Crippen LogP contribution in [-0.4, -0.2) is 15.0 Å². The molecule has 3 nitrogen and oxygen atoms in total. The van der Waals surface area contributed by atoms with Crippen molar-refractivity contribution in [3.63, 3.8) is 0 Å². The molecule has 1 aromatic rings. The van der Waals surface area contributed by atoms with Gasteiger partial charge in [-0.1, -0.05) is 0 Å². The minimum Gasteiger partial charge on any atom is -0.210 e. The molecule has 0 saturated carbocycles. The second-order valence-corrected chi connectivity index (χ2v) is 1.08. The topological polar surface area (TPSA) is 38.7 Å². The zero-order chi connectivity index (χ0) is 5.11. The summed E-state index contributed by atoms with van der Waals surface area (Å²) in [5.74, 6) is 0.648. The maximum Gasteiger partial charge on any atom is 0.201 e. The Morgan fingerprint density at radius 2 is 1.86 bits per heavy atom. The van der Waals surface area contributed by atoms with Gasteiger partial charge >= 0.3 is 0 Å². The highest BCUT2D eigenvalue weighted by Gasteiger charge is 1.78. The van der Waals surface area contributed by atoms with E-state index >= 15 is 0 Å². The largest absolute Gasteiger partial charge is 0.210 e. The first-order valence-electron chi connectivity index (χ1n) is 1.84. The van der Waals surface area contributed by atoms with E-state index < -0.39 is 0 Å². The molecule has 2 radical (unpaired) electrons. The first kappa shape index (κ1) is 4.18. The van der Waals surface area contributed by atoms with Crippen LogP contribution < -0.4 is 0 Å². The summed E-state index contributed by atoms with van der Waals surface area (Å²) in [5.41, 5.74) is 0. The van der Waals surface area contributed by atoms with E-state index in [-0.39, 0.29) is 0 Å². The highest BCUT2D eigenvalue weighted by atomic mass is 15.0. The lowest BCUT2D eigenvalue weighted by atomic mass is 10.7. The summed E-state index contributed by atoms with van der Waals surface area (Å²) in [5, 5.41) is 0. The molecular weight excluding hydrogens is 90.1 g/mol. The molecule has 7 heavy (non-hydrogen) atoms. The van der Waals surface area contributed by atoms with Crippen LogP contribution in [-0.2, 0) is 0 Å². The highest BCUT2D eigenvalue weighted by molar-refractivity contribution is 4.71. The Morgan fingerprint density at radius 1 is 1.29 bits per heavy atom. The van der Waals surface area contributed by atoms with Gasteiger partial charge in [-0.15, -0.1) is 0 Å². The second-order valence-electron chi connectivity index (χ2n) is 1.08. The molecule has 0 aliphatic rings. The van der Waals surface area contributed by atoms with Crippen molar-refractivity contribution in [1.82, 2.24) is 15.0 Å². The molecule has 0 atom stereocenters. The van der Waals surface area contributed by atoms with E-state index in [1.54, 1.807) is 6.92 Å². The summed E-state index contributed by atoms with van der Waals surface area (Å²) in [4.78, 5) is 10.6. The van der Waals surface area contributed by atoms with E-state index in [0.29, 0.717) is 5.82 Å². The Hall–Kier alpha value is -0.990. The van der Waals surface area contributed by atoms with E-state index in [2.05, 4.69) is 27.6 Å². The summed E-state index contributed by atoms with van der Waals surface area (Å²) in [6, 6.07) is 0. The van der Waals surface area contributed by atoms with Gasteiger partial charge in [0.15, 0.2) is 0 Å². The molecule has 1 rings (SSSR count). The molecule has 0 aliphatic heterocycles. The lowest BCUT2D eigenvalue weighted by molar-refractivity contribution is 0.954. The monoisotopic (exact) mass is 93.0 g/mol. The van der Waals surface area contributed by atoms with Crippen LogP contribution in [0.5, 0.6) is 0 Å². The summed E-state index contributed by atoms with van der Waals surface area (Å²) < 4.78 is 0. The van der Waals surface area contributed by atoms with Crippen LogP contribution in [0.4, 0.5) is 0 Å². The number of aromatic nitrogens is 3. The van der Waals surface area contributed by atoms with E-state index in [1.807, 2.05) is 0 Å². The van der Waals surface area contributed by atoms with Gasteiger partial charge in [-0.3, -0.25) is 0 Å². The normalized spacial score (nSPS) is 8.71. The Balaban J connectivity index is 3.02. The number of rotatable bonds is 0. The van der Waals surface area contributed by atoms with Crippen molar-refractivity contribution in [2.45, 2.75) is 6.92 Å². The lowest BCUT2D eigenvalue weighted by Gasteiger charge is -1.78. The zero-order valence-electron chi connectivity index (χ0n) is 3.84. The number of hydrogen-bond donors (Lipinski definition) is 0. The van der Waals surface area contributed by atoms with Crippen LogP contribution in [0.15, 0.2) is 0 Å². The minimum atomic E-state index is 0.648. The number of hydrogen-bond acceptors (Lipinski definition) is 3. The van der Waals surface area contributed by atoms with Crippen molar-refractivity contribution in [2.75, 3.05) is 0 Å². The van der Waals surface area contributed by atoms with Crippen LogP contribution in [0.2, 0.25) is 0 Å². The number of aryl methyl sites for hydroxylation is 1. The van der Waals surface area contributed by atoms with Gasteiger partial charge in [0.2, 0.25) is 12.7 Å². The van der Waals surface area contributed by atoms with Crippen LogP contribution in [0.3, 0.4) is 0 Å². The summed E-state index contributed by atoms with van der Waals surface area (Å²) in [6.45, 7) is 1.76. The molecular formula is C4H3N3. The molecule has 0 N–H and O–H groups in total. The Kier molecular flexibility index (Phi) is 0.978. The molecule has 1 heterocycles. The molecule has 3 heteroatoms. The summed E-state index contributed by atoms with van der Waals surface area (Å²) >= 11 is 0. The van der Waals surface area contributed by atoms with Gasteiger partial charge in [0.1, 0.15) is 5.82 Å². The predicted molar refractivity (Wildman–Crippen MR) is 22.2 cm³/mol. The average molecular weight is 93.1 g/mol. The van der Waals surface area contributed by atoms with Crippen molar-refractivity contribution in [1.29, 1.82) is 0 Å². The molecule has 0 saturated heterocycles. The van der Waals surface area contributed by atoms with Crippen LogP contribution >= 0.6 is 0 Å². The second kappa shape index (κ2) is 1.64. The summed E-state index contributed by atoms with van der Waals surface area (Å²) in [6.07, 6.45) is 4.69. The third-order valence-corrected chi connectivity index (χ3v) is 0.524. The minimum absolute atomic E-state index is 0.648. The quantitative estimate of drug-likeness (QED) is 0.445. The fourth-order valence-electron chi connectivity index (χ4n) is 0.242. The van der Waals surface area contributed by atoms with Crippen molar-refractivity contribution in [3.05, 3.63) is 18.5 Å². The van der Waals surface area contributed by atoms with Gasteiger partial charge in [0.25, 0.3) is 0 Å². The molecule has 0 aliphatic carbocycles. The zero-order valence-corrected chi connectivity index (χ0v) is 3.84. The van der Waals surface area contributed by atoms with Gasteiger partial charge in [0, 0.05) is 0 Å². The molecule has 34 valence electrons. The van der Waals surface area contributed by atoms with E-state index in [0.717, 1.165) is 0 Å². The average Bonchev–Trinajstić information content (AvgIpc) is 1.69. The molecule has 0 fully saturated rings. The van der Waals surface area contributed by atoms with Gasteiger partial charge in [-0.05, 0) is 6.92 Å². The van der Waals surface area contributed by atoms with Crippen molar-refractivity contribution in [3.8, 4) is 0 Å².